The van der Waals surface area contributed by atoms with E-state index in [1.165, 1.54) is 10.6 Å². The monoisotopic (exact) mass is 438 g/mol. The Bertz CT molecular complexity index is 945. The Balaban J connectivity index is 0.000000234. The predicted octanol–water partition coefficient (Wildman–Crippen LogP) is 1.33. The molecule has 0 amide bonds. The van der Waals surface area contributed by atoms with E-state index in [-0.39, 0.29) is 29.8 Å². The molecule has 2 aromatic heterocycles. The summed E-state index contributed by atoms with van der Waals surface area (Å²) in [5, 5.41) is 12.9. The van der Waals surface area contributed by atoms with E-state index in [9.17, 15) is 21.6 Å². The number of aliphatic hydroxyl groups excluding tert-OH is 1. The third-order valence-electron chi connectivity index (χ3n) is 4.17. The van der Waals surface area contributed by atoms with Gasteiger partial charge in [0.1, 0.15) is 11.3 Å². The number of sulfonamides is 1. The predicted molar refractivity (Wildman–Crippen MR) is 100 cm³/mol. The second-order valence-electron chi connectivity index (χ2n) is 7.30. The van der Waals surface area contributed by atoms with Crippen LogP contribution in [-0.2, 0) is 22.6 Å². The fraction of sp³-hybridized carbons (Fsp3) is 0.688. The number of nitrogens with two attached hydrogens (primary N) is 1. The summed E-state index contributed by atoms with van der Waals surface area (Å²) in [5.41, 5.74) is 4.24. The molecule has 1 saturated heterocycles. The lowest BCUT2D eigenvalue weighted by atomic mass is 10.1. The number of hydrogen-bond acceptors (Lipinski definition) is 7. The fourth-order valence-electron chi connectivity index (χ4n) is 2.88. The molecule has 0 aromatic carbocycles. The van der Waals surface area contributed by atoms with E-state index in [2.05, 4.69) is 15.1 Å². The lowest BCUT2D eigenvalue weighted by Crippen LogP contribution is -2.41. The van der Waals surface area contributed by atoms with E-state index in [0.717, 1.165) is 17.1 Å². The molecule has 1 unspecified atom stereocenters. The average molecular weight is 438 g/mol. The van der Waals surface area contributed by atoms with Crippen molar-refractivity contribution in [2.24, 2.45) is 5.92 Å². The number of halogens is 3. The SMILES string of the molecule is CC(C)Cc1nc(C(F)(F)F)c2cnc(N)nn12.CS(=O)(=O)N1CCCC(O)C1. The van der Waals surface area contributed by atoms with E-state index in [0.29, 0.717) is 19.4 Å². The van der Waals surface area contributed by atoms with Gasteiger partial charge in [0, 0.05) is 19.5 Å². The number of hydrogen-bond donors (Lipinski definition) is 2. The van der Waals surface area contributed by atoms with E-state index < -0.39 is 28.0 Å². The zero-order chi connectivity index (χ0) is 22.0. The molecule has 1 aliphatic heterocycles. The van der Waals surface area contributed by atoms with Gasteiger partial charge in [-0.1, -0.05) is 13.8 Å². The summed E-state index contributed by atoms with van der Waals surface area (Å²) < 4.78 is 62.7. The number of alkyl halides is 3. The number of imidazole rings is 1. The fourth-order valence-corrected chi connectivity index (χ4v) is 3.79. The van der Waals surface area contributed by atoms with Crippen molar-refractivity contribution in [1.29, 1.82) is 0 Å². The highest BCUT2D eigenvalue weighted by Gasteiger charge is 2.37. The van der Waals surface area contributed by atoms with Crippen LogP contribution in [0.15, 0.2) is 6.20 Å². The van der Waals surface area contributed by atoms with Crippen molar-refractivity contribution >= 4 is 21.5 Å². The maximum atomic E-state index is 12.8. The Morgan fingerprint density at radius 1 is 1.38 bits per heavy atom. The van der Waals surface area contributed by atoms with Crippen molar-refractivity contribution < 1.29 is 26.7 Å². The van der Waals surface area contributed by atoms with Crippen LogP contribution >= 0.6 is 0 Å². The second kappa shape index (κ2) is 8.79. The zero-order valence-corrected chi connectivity index (χ0v) is 17.2. The number of piperidine rings is 1. The van der Waals surface area contributed by atoms with Gasteiger partial charge in [-0.05, 0) is 18.8 Å². The van der Waals surface area contributed by atoms with Crippen LogP contribution in [-0.4, -0.2) is 62.9 Å². The first-order valence-electron chi connectivity index (χ1n) is 8.99. The molecule has 13 heteroatoms. The van der Waals surface area contributed by atoms with E-state index >= 15 is 0 Å². The number of aromatic nitrogens is 4. The summed E-state index contributed by atoms with van der Waals surface area (Å²) in [6.07, 6.45) is -0.931. The molecule has 1 atom stereocenters. The Morgan fingerprint density at radius 2 is 2.03 bits per heavy atom. The molecule has 0 bridgehead atoms. The molecule has 1 aliphatic rings. The van der Waals surface area contributed by atoms with Crippen molar-refractivity contribution in [1.82, 2.24) is 23.9 Å². The van der Waals surface area contributed by atoms with Crippen LogP contribution in [0.25, 0.3) is 5.52 Å². The molecular weight excluding hydrogens is 413 g/mol. The van der Waals surface area contributed by atoms with Gasteiger partial charge in [-0.25, -0.2) is 22.9 Å². The van der Waals surface area contributed by atoms with Crippen LogP contribution < -0.4 is 5.73 Å². The maximum absolute atomic E-state index is 12.8. The number of rotatable bonds is 3. The summed E-state index contributed by atoms with van der Waals surface area (Å²) in [4.78, 5) is 7.20. The van der Waals surface area contributed by atoms with Crippen LogP contribution in [0.3, 0.4) is 0 Å². The summed E-state index contributed by atoms with van der Waals surface area (Å²) in [7, 11) is -3.09. The minimum Gasteiger partial charge on any atom is -0.392 e. The van der Waals surface area contributed by atoms with Crippen molar-refractivity contribution in [3.8, 4) is 0 Å². The minimum atomic E-state index is -4.53. The number of anilines is 1. The quantitative estimate of drug-likeness (QED) is 0.740. The number of fused-ring (bicyclic) bond motifs is 1. The average Bonchev–Trinajstić information content (AvgIpc) is 2.92. The van der Waals surface area contributed by atoms with Gasteiger partial charge < -0.3 is 10.8 Å². The van der Waals surface area contributed by atoms with Gasteiger partial charge >= 0.3 is 6.18 Å². The number of β-amino-alcohol motifs (C(OH)–C–C–N with tert-alkyl or cyclic N) is 1. The minimum absolute atomic E-state index is 0.0846. The molecule has 3 rings (SSSR count). The second-order valence-corrected chi connectivity index (χ2v) is 9.29. The standard InChI is InChI=1S/C10H12F3N5.C6H13NO3S/c1-5(2)3-7-16-8(10(11,12)13)6-4-15-9(14)17-18(6)7;1-11(9,10)7-4-2-3-6(8)5-7/h4-5H,3H2,1-2H3,(H2,14,17);6,8H,2-5H2,1H3. The molecule has 9 nitrogen and oxygen atoms in total. The summed E-state index contributed by atoms with van der Waals surface area (Å²) in [6.45, 7) is 4.59. The van der Waals surface area contributed by atoms with E-state index in [1.807, 2.05) is 13.8 Å². The molecule has 1 fully saturated rings. The summed E-state index contributed by atoms with van der Waals surface area (Å²) in [6, 6.07) is 0. The van der Waals surface area contributed by atoms with Gasteiger partial charge in [0.15, 0.2) is 5.69 Å². The highest BCUT2D eigenvalue weighted by Crippen LogP contribution is 2.32. The molecule has 0 spiro atoms. The Labute approximate surface area is 166 Å². The molecule has 29 heavy (non-hydrogen) atoms. The highest BCUT2D eigenvalue weighted by molar-refractivity contribution is 7.88. The number of aliphatic hydroxyl groups is 1. The lowest BCUT2D eigenvalue weighted by Gasteiger charge is -2.27. The first-order chi connectivity index (χ1) is 13.3. The van der Waals surface area contributed by atoms with Gasteiger partial charge in [-0.3, -0.25) is 0 Å². The van der Waals surface area contributed by atoms with Crippen molar-refractivity contribution in [3.05, 3.63) is 17.7 Å². The lowest BCUT2D eigenvalue weighted by molar-refractivity contribution is -0.139. The van der Waals surface area contributed by atoms with Crippen molar-refractivity contribution in [2.75, 3.05) is 25.1 Å². The maximum Gasteiger partial charge on any atom is 0.435 e. The van der Waals surface area contributed by atoms with Crippen LogP contribution in [0.1, 0.15) is 38.2 Å². The van der Waals surface area contributed by atoms with Crippen molar-refractivity contribution in [2.45, 2.75) is 45.4 Å². The molecule has 0 saturated carbocycles. The Morgan fingerprint density at radius 3 is 2.52 bits per heavy atom. The topological polar surface area (TPSA) is 127 Å². The van der Waals surface area contributed by atoms with Crippen LogP contribution in [0.5, 0.6) is 0 Å². The molecule has 0 radical (unpaired) electrons. The third kappa shape index (κ3) is 6.24. The van der Waals surface area contributed by atoms with Crippen LogP contribution in [0.2, 0.25) is 0 Å². The van der Waals surface area contributed by atoms with Gasteiger partial charge in [0.05, 0.1) is 18.6 Å². The Kier molecular flexibility index (Phi) is 7.06. The smallest absolute Gasteiger partial charge is 0.392 e. The van der Waals surface area contributed by atoms with Gasteiger partial charge in [0.25, 0.3) is 0 Å². The third-order valence-corrected chi connectivity index (χ3v) is 5.43. The van der Waals surface area contributed by atoms with Crippen LogP contribution in [0.4, 0.5) is 19.1 Å². The molecule has 164 valence electrons. The summed E-state index contributed by atoms with van der Waals surface area (Å²) in [5.74, 6) is 0.313. The highest BCUT2D eigenvalue weighted by atomic mass is 32.2. The van der Waals surface area contributed by atoms with E-state index in [1.54, 1.807) is 0 Å². The first-order valence-corrected chi connectivity index (χ1v) is 10.8. The molecule has 3 heterocycles. The summed E-state index contributed by atoms with van der Waals surface area (Å²) >= 11 is 0. The van der Waals surface area contributed by atoms with Crippen molar-refractivity contribution in [3.63, 3.8) is 0 Å². The molecule has 2 aromatic rings. The zero-order valence-electron chi connectivity index (χ0n) is 16.4. The molecule has 3 N–H and O–H groups in total. The number of nitrogens with zero attached hydrogens (tertiary/aromatic N) is 5. The van der Waals surface area contributed by atoms with E-state index in [4.69, 9.17) is 10.8 Å². The van der Waals surface area contributed by atoms with Crippen LogP contribution in [0, 0.1) is 5.92 Å². The van der Waals surface area contributed by atoms with Gasteiger partial charge in [0.2, 0.25) is 16.0 Å². The normalized spacial score (nSPS) is 18.7. The molecule has 0 aliphatic carbocycles. The first kappa shape index (κ1) is 23.3. The number of nitrogen functional groups attached to an aromatic ring is 1. The van der Waals surface area contributed by atoms with Gasteiger partial charge in [-0.2, -0.15) is 17.5 Å². The van der Waals surface area contributed by atoms with Gasteiger partial charge in [-0.15, -0.1) is 5.10 Å². The molecular formula is C16H25F3N6O3S. The Hall–Kier alpha value is -1.99. The largest absolute Gasteiger partial charge is 0.435 e.